The first-order valence-corrected chi connectivity index (χ1v) is 8.49. The summed E-state index contributed by atoms with van der Waals surface area (Å²) in [5.74, 6) is -0.884. The lowest BCUT2D eigenvalue weighted by atomic mass is 10.1. The fourth-order valence-corrected chi connectivity index (χ4v) is 3.11. The summed E-state index contributed by atoms with van der Waals surface area (Å²) in [5.41, 5.74) is 1.07. The Labute approximate surface area is 134 Å². The van der Waals surface area contributed by atoms with Crippen molar-refractivity contribution in [2.45, 2.75) is 18.7 Å². The van der Waals surface area contributed by atoms with Crippen LogP contribution < -0.4 is 10.0 Å². The van der Waals surface area contributed by atoms with Crippen molar-refractivity contribution in [3.8, 4) is 0 Å². The normalized spacial score (nSPS) is 11.1. The lowest BCUT2D eigenvalue weighted by molar-refractivity contribution is 0.0955. The average molecular weight is 336 g/mol. The Morgan fingerprint density at radius 3 is 2.57 bits per heavy atom. The van der Waals surface area contributed by atoms with Crippen LogP contribution in [-0.2, 0) is 10.0 Å². The molecule has 2 rings (SSSR count). The van der Waals surface area contributed by atoms with Crippen molar-refractivity contribution >= 4 is 21.6 Å². The van der Waals surface area contributed by atoms with Gasteiger partial charge in [-0.1, -0.05) is 12.1 Å². The SMILES string of the molecule is CCNC(=O)c1cc(S(=O)(=O)Nc2cccc(F)c2)ccc1C. The van der Waals surface area contributed by atoms with Crippen LogP contribution in [0.5, 0.6) is 0 Å². The Morgan fingerprint density at radius 1 is 1.17 bits per heavy atom. The third kappa shape index (κ3) is 4.07. The summed E-state index contributed by atoms with van der Waals surface area (Å²) in [5, 5.41) is 2.63. The zero-order valence-electron chi connectivity index (χ0n) is 12.8. The molecule has 0 radical (unpaired) electrons. The molecule has 2 aromatic rings. The van der Waals surface area contributed by atoms with Crippen LogP contribution in [0.15, 0.2) is 47.4 Å². The van der Waals surface area contributed by atoms with Crippen molar-refractivity contribution in [2.24, 2.45) is 0 Å². The van der Waals surface area contributed by atoms with Gasteiger partial charge in [0.2, 0.25) is 0 Å². The van der Waals surface area contributed by atoms with E-state index in [0.29, 0.717) is 12.1 Å². The van der Waals surface area contributed by atoms with Gasteiger partial charge in [0, 0.05) is 12.1 Å². The summed E-state index contributed by atoms with van der Waals surface area (Å²) in [6, 6.07) is 9.42. The molecule has 0 unspecified atom stereocenters. The molecule has 2 N–H and O–H groups in total. The summed E-state index contributed by atoms with van der Waals surface area (Å²) in [7, 11) is -3.91. The van der Waals surface area contributed by atoms with Gasteiger partial charge >= 0.3 is 0 Å². The molecule has 0 fully saturated rings. The Kier molecular flexibility index (Phi) is 5.00. The Balaban J connectivity index is 2.36. The first-order valence-electron chi connectivity index (χ1n) is 7.00. The highest BCUT2D eigenvalue weighted by Gasteiger charge is 2.18. The zero-order valence-corrected chi connectivity index (χ0v) is 13.6. The number of nitrogens with one attached hydrogen (secondary N) is 2. The van der Waals surface area contributed by atoms with E-state index in [-0.39, 0.29) is 22.1 Å². The van der Waals surface area contributed by atoms with Crippen LogP contribution in [0.1, 0.15) is 22.8 Å². The quantitative estimate of drug-likeness (QED) is 0.881. The standard InChI is InChI=1S/C16H17FN2O3S/c1-3-18-16(20)15-10-14(8-7-11(15)2)23(21,22)19-13-6-4-5-12(17)9-13/h4-10,19H,3H2,1-2H3,(H,18,20). The van der Waals surface area contributed by atoms with Crippen molar-refractivity contribution in [3.05, 3.63) is 59.4 Å². The van der Waals surface area contributed by atoms with Gasteiger partial charge in [0.05, 0.1) is 10.6 Å². The predicted molar refractivity (Wildman–Crippen MR) is 86.4 cm³/mol. The number of anilines is 1. The highest BCUT2D eigenvalue weighted by Crippen LogP contribution is 2.20. The van der Waals surface area contributed by atoms with E-state index in [1.54, 1.807) is 19.9 Å². The molecule has 0 saturated carbocycles. The lowest BCUT2D eigenvalue weighted by Crippen LogP contribution is -2.24. The van der Waals surface area contributed by atoms with Gasteiger partial charge in [-0.05, 0) is 49.7 Å². The van der Waals surface area contributed by atoms with Crippen LogP contribution in [0.25, 0.3) is 0 Å². The molecule has 0 saturated heterocycles. The maximum absolute atomic E-state index is 13.2. The van der Waals surface area contributed by atoms with Crippen LogP contribution in [-0.4, -0.2) is 20.9 Å². The van der Waals surface area contributed by atoms with E-state index in [0.717, 1.165) is 6.07 Å². The smallest absolute Gasteiger partial charge is 0.261 e. The monoisotopic (exact) mass is 336 g/mol. The number of rotatable bonds is 5. The van der Waals surface area contributed by atoms with Gasteiger partial charge in [-0.25, -0.2) is 12.8 Å². The fourth-order valence-electron chi connectivity index (χ4n) is 2.03. The number of sulfonamides is 1. The lowest BCUT2D eigenvalue weighted by Gasteiger charge is -2.11. The summed E-state index contributed by atoms with van der Waals surface area (Å²) in [6.45, 7) is 3.94. The number of hydrogen-bond acceptors (Lipinski definition) is 3. The largest absolute Gasteiger partial charge is 0.352 e. The van der Waals surface area contributed by atoms with E-state index in [1.807, 2.05) is 0 Å². The van der Waals surface area contributed by atoms with Crippen LogP contribution in [0.3, 0.4) is 0 Å². The molecule has 0 heterocycles. The molecule has 0 spiro atoms. The maximum Gasteiger partial charge on any atom is 0.261 e. The second kappa shape index (κ2) is 6.78. The minimum Gasteiger partial charge on any atom is -0.352 e. The van der Waals surface area contributed by atoms with Crippen LogP contribution >= 0.6 is 0 Å². The van der Waals surface area contributed by atoms with Crippen molar-refractivity contribution in [1.82, 2.24) is 5.32 Å². The van der Waals surface area contributed by atoms with Crippen molar-refractivity contribution < 1.29 is 17.6 Å². The maximum atomic E-state index is 13.2. The number of hydrogen-bond donors (Lipinski definition) is 2. The second-order valence-corrected chi connectivity index (χ2v) is 6.63. The van der Waals surface area contributed by atoms with Gasteiger partial charge in [0.15, 0.2) is 0 Å². The topological polar surface area (TPSA) is 75.3 Å². The summed E-state index contributed by atoms with van der Waals surface area (Å²) in [4.78, 5) is 11.9. The van der Waals surface area contributed by atoms with Gasteiger partial charge < -0.3 is 5.32 Å². The third-order valence-electron chi connectivity index (χ3n) is 3.18. The fraction of sp³-hybridized carbons (Fsp3) is 0.188. The number of halogens is 1. The third-order valence-corrected chi connectivity index (χ3v) is 4.56. The van der Waals surface area contributed by atoms with Crippen molar-refractivity contribution in [3.63, 3.8) is 0 Å². The highest BCUT2D eigenvalue weighted by atomic mass is 32.2. The van der Waals surface area contributed by atoms with E-state index in [2.05, 4.69) is 10.0 Å². The van der Waals surface area contributed by atoms with Crippen LogP contribution in [0.2, 0.25) is 0 Å². The van der Waals surface area contributed by atoms with Crippen molar-refractivity contribution in [2.75, 3.05) is 11.3 Å². The molecule has 1 amide bonds. The first kappa shape index (κ1) is 17.0. The molecule has 2 aromatic carbocycles. The molecule has 122 valence electrons. The Morgan fingerprint density at radius 2 is 1.91 bits per heavy atom. The number of aryl methyl sites for hydroxylation is 1. The van der Waals surface area contributed by atoms with Crippen LogP contribution in [0.4, 0.5) is 10.1 Å². The van der Waals surface area contributed by atoms with Gasteiger partial charge in [0.1, 0.15) is 5.82 Å². The van der Waals surface area contributed by atoms with E-state index < -0.39 is 15.8 Å². The summed E-state index contributed by atoms with van der Waals surface area (Å²) >= 11 is 0. The molecule has 0 aliphatic rings. The van der Waals surface area contributed by atoms with Gasteiger partial charge in [-0.15, -0.1) is 0 Å². The molecular weight excluding hydrogens is 319 g/mol. The van der Waals surface area contributed by atoms with E-state index in [1.165, 1.54) is 30.3 Å². The van der Waals surface area contributed by atoms with E-state index in [4.69, 9.17) is 0 Å². The number of amides is 1. The molecule has 0 atom stereocenters. The van der Waals surface area contributed by atoms with Crippen LogP contribution in [0, 0.1) is 12.7 Å². The van der Waals surface area contributed by atoms with Gasteiger partial charge in [-0.2, -0.15) is 0 Å². The molecule has 0 aliphatic heterocycles. The number of carbonyl (C=O) groups excluding carboxylic acids is 1. The predicted octanol–water partition coefficient (Wildman–Crippen LogP) is 2.68. The average Bonchev–Trinajstić information content (AvgIpc) is 2.47. The first-order chi connectivity index (χ1) is 10.8. The Hall–Kier alpha value is -2.41. The van der Waals surface area contributed by atoms with E-state index >= 15 is 0 Å². The van der Waals surface area contributed by atoms with Gasteiger partial charge in [0.25, 0.3) is 15.9 Å². The summed E-state index contributed by atoms with van der Waals surface area (Å²) in [6.07, 6.45) is 0. The molecule has 5 nitrogen and oxygen atoms in total. The van der Waals surface area contributed by atoms with Crippen molar-refractivity contribution in [1.29, 1.82) is 0 Å². The second-order valence-electron chi connectivity index (χ2n) is 4.95. The van der Waals surface area contributed by atoms with E-state index in [9.17, 15) is 17.6 Å². The zero-order chi connectivity index (χ0) is 17.0. The van der Waals surface area contributed by atoms with Gasteiger partial charge in [-0.3, -0.25) is 9.52 Å². The Bertz CT molecular complexity index is 835. The summed E-state index contributed by atoms with van der Waals surface area (Å²) < 4.78 is 40.2. The molecule has 23 heavy (non-hydrogen) atoms. The molecular formula is C16H17FN2O3S. The molecule has 0 bridgehead atoms. The minimum absolute atomic E-state index is 0.0615. The minimum atomic E-state index is -3.91. The highest BCUT2D eigenvalue weighted by molar-refractivity contribution is 7.92. The molecule has 7 heteroatoms. The number of carbonyl (C=O) groups is 1. The molecule has 0 aliphatic carbocycles. The number of benzene rings is 2. The molecule has 0 aromatic heterocycles.